The first-order valence-electron chi connectivity index (χ1n) is 10.5. The van der Waals surface area contributed by atoms with Gasteiger partial charge in [0.25, 0.3) is 0 Å². The van der Waals surface area contributed by atoms with Crippen molar-refractivity contribution in [3.8, 4) is 11.5 Å². The number of aliphatic hydroxyl groups is 1. The lowest BCUT2D eigenvalue weighted by Gasteiger charge is -2.48. The molecule has 3 aromatic rings. The number of allylic oxidation sites excluding steroid dienone is 2. The summed E-state index contributed by atoms with van der Waals surface area (Å²) in [5.41, 5.74) is 0.329. The molecule has 3 heterocycles. The Balaban J connectivity index is 1.53. The number of nitrogens with one attached hydrogen (secondary N) is 1. The van der Waals surface area contributed by atoms with Crippen molar-refractivity contribution in [2.24, 2.45) is 0 Å². The third-order valence-corrected chi connectivity index (χ3v) is 6.63. The van der Waals surface area contributed by atoms with Crippen molar-refractivity contribution in [2.45, 2.75) is 24.5 Å². The van der Waals surface area contributed by atoms with Gasteiger partial charge >= 0.3 is 5.97 Å². The smallest absolute Gasteiger partial charge is 0.340 e. The topological polar surface area (TPSA) is 127 Å². The third kappa shape index (κ3) is 3.23. The number of phenolic OH excluding ortho intramolecular Hbond substituents is 1. The Bertz CT molecular complexity index is 1490. The molecule has 1 spiro atoms. The molecule has 0 saturated heterocycles. The minimum Gasteiger partial charge on any atom is -0.512 e. The number of aromatic hydroxyl groups is 1. The van der Waals surface area contributed by atoms with Crippen LogP contribution in [-0.2, 0) is 10.3 Å². The van der Waals surface area contributed by atoms with Gasteiger partial charge in [-0.15, -0.1) is 0 Å². The van der Waals surface area contributed by atoms with E-state index in [0.29, 0.717) is 33.7 Å². The van der Waals surface area contributed by atoms with Gasteiger partial charge in [0.2, 0.25) is 16.5 Å². The first kappa shape index (κ1) is 21.7. The van der Waals surface area contributed by atoms with Crippen molar-refractivity contribution < 1.29 is 24.5 Å². The van der Waals surface area contributed by atoms with Gasteiger partial charge in [0.05, 0.1) is 11.3 Å². The molecule has 9 nitrogen and oxygen atoms in total. The van der Waals surface area contributed by atoms with Crippen molar-refractivity contribution in [3.63, 3.8) is 0 Å². The molecule has 0 bridgehead atoms. The number of aliphatic hydroxyl groups excluding tert-OH is 1. The van der Waals surface area contributed by atoms with Crippen LogP contribution in [0, 0.1) is 0 Å². The van der Waals surface area contributed by atoms with Gasteiger partial charge in [-0.25, -0.2) is 4.79 Å². The van der Waals surface area contributed by atoms with Gasteiger partial charge in [0.15, 0.2) is 5.60 Å². The monoisotopic (exact) mass is 510 g/mol. The Labute approximate surface area is 208 Å². The van der Waals surface area contributed by atoms with Gasteiger partial charge in [-0.3, -0.25) is 0 Å². The maximum atomic E-state index is 13.3. The summed E-state index contributed by atoms with van der Waals surface area (Å²) < 4.78 is 12.4. The lowest BCUT2D eigenvalue weighted by atomic mass is 9.68. The van der Waals surface area contributed by atoms with E-state index in [2.05, 4.69) is 20.3 Å². The Hall–Kier alpha value is -3.82. The lowest BCUT2D eigenvalue weighted by Crippen LogP contribution is -2.51. The Morgan fingerprint density at radius 3 is 2.49 bits per heavy atom. The zero-order valence-electron chi connectivity index (χ0n) is 18.0. The summed E-state index contributed by atoms with van der Waals surface area (Å²) in [6.45, 7) is 1.81. The molecule has 1 aromatic heterocycles. The zero-order valence-corrected chi connectivity index (χ0v) is 19.6. The van der Waals surface area contributed by atoms with Crippen LogP contribution in [0.15, 0.2) is 59.9 Å². The molecule has 2 atom stereocenters. The average Bonchev–Trinajstić information content (AvgIpc) is 3.04. The van der Waals surface area contributed by atoms with E-state index in [-0.39, 0.29) is 34.4 Å². The van der Waals surface area contributed by atoms with E-state index in [1.165, 1.54) is 12.1 Å². The van der Waals surface area contributed by atoms with Gasteiger partial charge in [-0.05, 0) is 60.5 Å². The minimum absolute atomic E-state index is 0.00395. The highest BCUT2D eigenvalue weighted by Crippen LogP contribution is 2.59. The van der Waals surface area contributed by atoms with Crippen LogP contribution >= 0.6 is 23.2 Å². The van der Waals surface area contributed by atoms with Crippen molar-refractivity contribution >= 4 is 40.8 Å². The van der Waals surface area contributed by atoms with E-state index < -0.39 is 17.2 Å². The number of ether oxygens (including phenoxy) is 2. The van der Waals surface area contributed by atoms with Crippen LogP contribution in [0.5, 0.6) is 11.5 Å². The molecule has 2 aliphatic heterocycles. The second kappa shape index (κ2) is 7.34. The van der Waals surface area contributed by atoms with E-state index in [1.54, 1.807) is 36.4 Å². The molecular formula is C24H16Cl2N4O5. The number of benzene rings is 2. The number of hydrogen-bond acceptors (Lipinski definition) is 9. The maximum absolute atomic E-state index is 13.3. The van der Waals surface area contributed by atoms with Crippen molar-refractivity contribution in [2.75, 3.05) is 5.32 Å². The predicted molar refractivity (Wildman–Crippen MR) is 126 cm³/mol. The molecule has 2 aromatic carbocycles. The molecule has 3 N–H and O–H groups in total. The van der Waals surface area contributed by atoms with Crippen molar-refractivity contribution in [3.05, 3.63) is 87.1 Å². The van der Waals surface area contributed by atoms with Gasteiger partial charge < -0.3 is 25.0 Å². The molecule has 0 saturated carbocycles. The van der Waals surface area contributed by atoms with Crippen LogP contribution in [0.3, 0.4) is 0 Å². The number of hydrogen-bond donors (Lipinski definition) is 3. The molecule has 1 aliphatic carbocycles. The molecule has 6 rings (SSSR count). The van der Waals surface area contributed by atoms with E-state index in [1.807, 2.05) is 6.92 Å². The molecular weight excluding hydrogens is 495 g/mol. The van der Waals surface area contributed by atoms with E-state index >= 15 is 0 Å². The van der Waals surface area contributed by atoms with Crippen LogP contribution in [-0.4, -0.2) is 36.7 Å². The van der Waals surface area contributed by atoms with E-state index in [9.17, 15) is 15.0 Å². The molecule has 0 fully saturated rings. The number of aromatic nitrogens is 3. The largest absolute Gasteiger partial charge is 0.512 e. The second-order valence-electron chi connectivity index (χ2n) is 8.58. The van der Waals surface area contributed by atoms with Crippen LogP contribution in [0.4, 0.5) is 11.6 Å². The summed E-state index contributed by atoms with van der Waals surface area (Å²) in [5, 5.41) is 23.2. The quantitative estimate of drug-likeness (QED) is 0.409. The Morgan fingerprint density at radius 2 is 1.71 bits per heavy atom. The van der Waals surface area contributed by atoms with Crippen molar-refractivity contribution in [1.29, 1.82) is 0 Å². The highest BCUT2D eigenvalue weighted by Gasteiger charge is 2.60. The van der Waals surface area contributed by atoms with Crippen LogP contribution in [0.25, 0.3) is 0 Å². The first-order chi connectivity index (χ1) is 16.7. The fourth-order valence-electron chi connectivity index (χ4n) is 4.97. The molecule has 0 amide bonds. The second-order valence-corrected chi connectivity index (χ2v) is 9.26. The van der Waals surface area contributed by atoms with Crippen LogP contribution in [0.2, 0.25) is 10.6 Å². The maximum Gasteiger partial charge on any atom is 0.340 e. The molecule has 0 radical (unpaired) electrons. The lowest BCUT2D eigenvalue weighted by molar-refractivity contribution is -0.0112. The molecule has 176 valence electrons. The highest BCUT2D eigenvalue weighted by molar-refractivity contribution is 6.31. The summed E-state index contributed by atoms with van der Waals surface area (Å²) in [7, 11) is 0. The Morgan fingerprint density at radius 1 is 0.971 bits per heavy atom. The fourth-order valence-corrected chi connectivity index (χ4v) is 5.33. The van der Waals surface area contributed by atoms with Crippen LogP contribution < -0.4 is 10.1 Å². The molecule has 3 aliphatic rings. The normalized spacial score (nSPS) is 23.9. The number of esters is 1. The molecule has 35 heavy (non-hydrogen) atoms. The number of halogens is 2. The van der Waals surface area contributed by atoms with Gasteiger partial charge in [0.1, 0.15) is 17.1 Å². The molecule has 11 heteroatoms. The minimum atomic E-state index is -1.31. The third-order valence-electron chi connectivity index (χ3n) is 6.29. The number of phenols is 1. The highest BCUT2D eigenvalue weighted by atomic mass is 35.5. The van der Waals surface area contributed by atoms with Gasteiger partial charge in [-0.1, -0.05) is 12.1 Å². The summed E-state index contributed by atoms with van der Waals surface area (Å²) in [6.07, 6.45) is 3.46. The van der Waals surface area contributed by atoms with Gasteiger partial charge in [0, 0.05) is 34.9 Å². The average molecular weight is 511 g/mol. The summed E-state index contributed by atoms with van der Waals surface area (Å²) in [5.74, 6) is 0.0686. The number of rotatable bonds is 2. The molecule has 2 unspecified atom stereocenters. The van der Waals surface area contributed by atoms with Crippen molar-refractivity contribution in [1.82, 2.24) is 15.0 Å². The number of fused-ring (bicyclic) bond motifs is 6. The Kier molecular flexibility index (Phi) is 4.55. The number of nitrogens with zero attached hydrogens (tertiary/aromatic N) is 3. The summed E-state index contributed by atoms with van der Waals surface area (Å²) in [4.78, 5) is 24.9. The summed E-state index contributed by atoms with van der Waals surface area (Å²) >= 11 is 11.7. The standard InChI is InChI=1S/C24H16Cl2N4O5/c1-23-10-13(32)4-7-18(23)24(16-6-3-12(31)9-17(16)34-23)15-5-2-11(8-14(15)19(33)35-24)27-22-29-20(25)28-21(26)30-22/h2-9,31-32H,10H2,1H3,(H,27,28,29,30). The zero-order chi connectivity index (χ0) is 24.5. The van der Waals surface area contributed by atoms with E-state index in [4.69, 9.17) is 32.7 Å². The predicted octanol–water partition coefficient (Wildman–Crippen LogP) is 4.96. The summed E-state index contributed by atoms with van der Waals surface area (Å²) in [6, 6.07) is 9.81. The number of anilines is 2. The fraction of sp³-hybridized carbons (Fsp3) is 0.167. The first-order valence-corrected chi connectivity index (χ1v) is 11.3. The van der Waals surface area contributed by atoms with Gasteiger partial charge in [-0.2, -0.15) is 15.0 Å². The number of carbonyl (C=O) groups is 1. The SMILES string of the molecule is CC12CC(O)=CC=C1C1(OC(=O)c3cc(Nc4nc(Cl)nc(Cl)n4)ccc31)c1ccc(O)cc1O2. The number of carbonyl (C=O) groups excluding carboxylic acids is 1. The van der Waals surface area contributed by atoms with Crippen LogP contribution in [0.1, 0.15) is 34.8 Å². The van der Waals surface area contributed by atoms with E-state index in [0.717, 1.165) is 0 Å².